The van der Waals surface area contributed by atoms with E-state index in [-0.39, 0.29) is 0 Å². The third kappa shape index (κ3) is 7.99. The predicted molar refractivity (Wildman–Crippen MR) is 128 cm³/mol. The maximum atomic E-state index is 11.4. The van der Waals surface area contributed by atoms with E-state index >= 15 is 0 Å². The van der Waals surface area contributed by atoms with Gasteiger partial charge in [0.05, 0.1) is 16.3 Å². The number of carbonyl (C=O) groups is 1. The van der Waals surface area contributed by atoms with Gasteiger partial charge in [0.1, 0.15) is 16.6 Å². The minimum atomic E-state index is -0.917. The summed E-state index contributed by atoms with van der Waals surface area (Å²) in [6.07, 6.45) is 8.11. The molecule has 0 unspecified atom stereocenters. The van der Waals surface area contributed by atoms with Gasteiger partial charge in [-0.25, -0.2) is 9.97 Å². The Morgan fingerprint density at radius 2 is 2.06 bits per heavy atom. The molecule has 0 aromatic carbocycles. The molecule has 0 saturated carbocycles. The summed E-state index contributed by atoms with van der Waals surface area (Å²) in [5, 5.41) is 20.9. The van der Waals surface area contributed by atoms with Crippen LogP contribution in [0.2, 0.25) is 5.02 Å². The number of carboxylic acid groups (broad SMARTS) is 1. The fourth-order valence-electron chi connectivity index (χ4n) is 2.92. The maximum Gasteiger partial charge on any atom is 0.319 e. The number of hydrogen-bond donors (Lipinski definition) is 1. The Morgan fingerprint density at radius 3 is 2.71 bits per heavy atom. The molecule has 0 radical (unpaired) electrons. The number of aliphatic carboxylic acids is 1. The molecule has 0 fully saturated rings. The van der Waals surface area contributed by atoms with Gasteiger partial charge < -0.3 is 10.0 Å². The van der Waals surface area contributed by atoms with E-state index in [1.54, 1.807) is 26.1 Å². The first-order valence-electron chi connectivity index (χ1n) is 10.4. The monoisotopic (exact) mass is 480 g/mol. The van der Waals surface area contributed by atoms with Crippen molar-refractivity contribution in [3.05, 3.63) is 33.9 Å². The molecular weight excluding hydrogens is 452 g/mol. The van der Waals surface area contributed by atoms with Gasteiger partial charge in [-0.15, -0.1) is 11.3 Å². The number of anilines is 1. The fraction of sp³-hybridized carbons (Fsp3) is 0.545. The number of thiazole rings is 1. The molecule has 0 spiro atoms. The van der Waals surface area contributed by atoms with Crippen molar-refractivity contribution in [2.45, 2.75) is 68.4 Å². The molecule has 0 amide bonds. The predicted octanol–water partition coefficient (Wildman–Crippen LogP) is 6.04. The Hall–Kier alpha value is -1.82. The highest BCUT2D eigenvalue weighted by molar-refractivity contribution is 8.02. The first kappa shape index (κ1) is 25.4. The number of hydrogen-bond acceptors (Lipinski definition) is 7. The van der Waals surface area contributed by atoms with Gasteiger partial charge in [-0.2, -0.15) is 5.26 Å². The van der Waals surface area contributed by atoms with E-state index in [1.807, 2.05) is 5.38 Å². The lowest BCUT2D eigenvalue weighted by Crippen LogP contribution is -2.28. The van der Waals surface area contributed by atoms with Gasteiger partial charge in [0.2, 0.25) is 0 Å². The van der Waals surface area contributed by atoms with Crippen molar-refractivity contribution in [3.63, 3.8) is 0 Å². The van der Waals surface area contributed by atoms with Crippen LogP contribution in [-0.2, 0) is 11.2 Å². The fourth-order valence-corrected chi connectivity index (χ4v) is 5.43. The van der Waals surface area contributed by atoms with Crippen LogP contribution in [0.3, 0.4) is 0 Å². The van der Waals surface area contributed by atoms with Crippen LogP contribution in [0.15, 0.2) is 22.0 Å². The second kappa shape index (κ2) is 12.3. The Morgan fingerprint density at radius 1 is 1.32 bits per heavy atom. The van der Waals surface area contributed by atoms with Gasteiger partial charge in [-0.05, 0) is 26.3 Å². The lowest BCUT2D eigenvalue weighted by molar-refractivity contribution is -0.138. The minimum Gasteiger partial charge on any atom is -0.480 e. The molecule has 1 N–H and O–H groups in total. The van der Waals surface area contributed by atoms with Crippen LogP contribution in [0.5, 0.6) is 0 Å². The lowest BCUT2D eigenvalue weighted by Gasteiger charge is -2.24. The molecule has 168 valence electrons. The SMILES string of the molecule is CCCCCCCN(CCc1csc(SC(C)(C)C(=O)O)n1)c1ncc(C#N)cc1Cl. The number of nitriles is 1. The number of halogens is 1. The van der Waals surface area contributed by atoms with E-state index in [4.69, 9.17) is 16.9 Å². The third-order valence-electron chi connectivity index (χ3n) is 4.81. The van der Waals surface area contributed by atoms with E-state index in [2.05, 4.69) is 27.9 Å². The van der Waals surface area contributed by atoms with Crippen LogP contribution in [0, 0.1) is 11.3 Å². The first-order valence-corrected chi connectivity index (χ1v) is 12.5. The summed E-state index contributed by atoms with van der Waals surface area (Å²) in [4.78, 5) is 22.6. The molecule has 0 aliphatic heterocycles. The van der Waals surface area contributed by atoms with Crippen LogP contribution in [0.25, 0.3) is 0 Å². The second-order valence-corrected chi connectivity index (χ2v) is 10.9. The van der Waals surface area contributed by atoms with Gasteiger partial charge in [0.25, 0.3) is 0 Å². The first-order chi connectivity index (χ1) is 14.8. The van der Waals surface area contributed by atoms with Crippen molar-refractivity contribution in [2.24, 2.45) is 0 Å². The molecular formula is C22H29ClN4O2S2. The van der Waals surface area contributed by atoms with Crippen LogP contribution < -0.4 is 4.90 Å². The van der Waals surface area contributed by atoms with Gasteiger partial charge >= 0.3 is 5.97 Å². The van der Waals surface area contributed by atoms with Crippen molar-refractivity contribution >= 4 is 46.5 Å². The van der Waals surface area contributed by atoms with Crippen molar-refractivity contribution in [1.29, 1.82) is 5.26 Å². The van der Waals surface area contributed by atoms with Crippen LogP contribution in [-0.4, -0.2) is 38.9 Å². The van der Waals surface area contributed by atoms with Crippen LogP contribution >= 0.6 is 34.7 Å². The van der Waals surface area contributed by atoms with Gasteiger partial charge in [0.15, 0.2) is 4.34 Å². The highest BCUT2D eigenvalue weighted by Crippen LogP contribution is 2.35. The molecule has 2 aromatic rings. The maximum absolute atomic E-state index is 11.4. The van der Waals surface area contributed by atoms with Gasteiger partial charge in [-0.1, -0.05) is 56.0 Å². The number of unbranched alkanes of at least 4 members (excludes halogenated alkanes) is 4. The number of pyridine rings is 1. The second-order valence-electron chi connectivity index (χ2n) is 7.81. The van der Waals surface area contributed by atoms with Crippen LogP contribution in [0.4, 0.5) is 5.82 Å². The molecule has 6 nitrogen and oxygen atoms in total. The molecule has 2 rings (SSSR count). The zero-order valence-electron chi connectivity index (χ0n) is 18.2. The molecule has 0 aliphatic rings. The zero-order valence-corrected chi connectivity index (χ0v) is 20.6. The van der Waals surface area contributed by atoms with Crippen LogP contribution in [0.1, 0.15) is 64.1 Å². The largest absolute Gasteiger partial charge is 0.480 e. The summed E-state index contributed by atoms with van der Waals surface area (Å²) in [6, 6.07) is 3.72. The quantitative estimate of drug-likeness (QED) is 0.276. The van der Waals surface area contributed by atoms with E-state index < -0.39 is 10.7 Å². The molecule has 0 bridgehead atoms. The summed E-state index contributed by atoms with van der Waals surface area (Å²) in [6.45, 7) is 7.09. The standard InChI is InChI=1S/C22H29ClN4O2S2/c1-4-5-6-7-8-10-27(19-18(23)12-16(13-24)14-25-19)11-9-17-15-30-21(26-17)31-22(2,3)20(28)29/h12,14-15H,4-11H2,1-3H3,(H,28,29). The Bertz CT molecular complexity index is 911. The van der Waals surface area contributed by atoms with Crippen molar-refractivity contribution < 1.29 is 9.90 Å². The Balaban J connectivity index is 2.06. The molecule has 9 heteroatoms. The summed E-state index contributed by atoms with van der Waals surface area (Å²) < 4.78 is -0.164. The normalized spacial score (nSPS) is 11.3. The highest BCUT2D eigenvalue weighted by Gasteiger charge is 2.29. The Kier molecular flexibility index (Phi) is 10.1. The lowest BCUT2D eigenvalue weighted by atomic mass is 10.1. The van der Waals surface area contributed by atoms with E-state index in [0.717, 1.165) is 29.4 Å². The highest BCUT2D eigenvalue weighted by atomic mass is 35.5. The zero-order chi connectivity index (χ0) is 22.9. The number of carboxylic acids is 1. The molecule has 2 aromatic heterocycles. The van der Waals surface area contributed by atoms with E-state index in [9.17, 15) is 9.90 Å². The Labute approximate surface area is 197 Å². The van der Waals surface area contributed by atoms with Crippen molar-refractivity contribution in [3.8, 4) is 6.07 Å². The topological polar surface area (TPSA) is 90.1 Å². The summed E-state index contributed by atoms with van der Waals surface area (Å²) in [5.41, 5.74) is 1.37. The molecule has 0 saturated heterocycles. The molecule has 31 heavy (non-hydrogen) atoms. The van der Waals surface area contributed by atoms with E-state index in [1.165, 1.54) is 42.4 Å². The van der Waals surface area contributed by atoms with Gasteiger partial charge in [-0.3, -0.25) is 4.79 Å². The molecule has 0 aliphatic carbocycles. The summed E-state index contributed by atoms with van der Waals surface area (Å²) >= 11 is 9.16. The average Bonchev–Trinajstić information content (AvgIpc) is 3.16. The number of nitrogens with zero attached hydrogens (tertiary/aromatic N) is 4. The van der Waals surface area contributed by atoms with E-state index in [0.29, 0.717) is 29.4 Å². The number of aromatic nitrogens is 2. The van der Waals surface area contributed by atoms with Crippen molar-refractivity contribution in [1.82, 2.24) is 9.97 Å². The minimum absolute atomic E-state index is 0.443. The average molecular weight is 481 g/mol. The number of thioether (sulfide) groups is 1. The number of rotatable bonds is 13. The summed E-state index contributed by atoms with van der Waals surface area (Å²) in [7, 11) is 0. The van der Waals surface area contributed by atoms with Gasteiger partial charge in [0, 0.05) is 31.1 Å². The smallest absolute Gasteiger partial charge is 0.319 e. The molecule has 0 atom stereocenters. The summed E-state index contributed by atoms with van der Waals surface area (Å²) in [5.74, 6) is -0.168. The third-order valence-corrected chi connectivity index (χ3v) is 7.26. The van der Waals surface area contributed by atoms with Crippen molar-refractivity contribution in [2.75, 3.05) is 18.0 Å². The molecule has 2 heterocycles.